The molecule has 0 atom stereocenters. The number of piperidine rings is 1. The number of aromatic nitrogens is 3. The molecule has 0 spiro atoms. The number of rotatable bonds is 8. The molecule has 0 saturated carbocycles. The van der Waals surface area contributed by atoms with Crippen LogP contribution in [-0.4, -0.2) is 61.3 Å². The van der Waals surface area contributed by atoms with E-state index in [1.54, 1.807) is 35.1 Å². The number of carbonyl (C=O) groups excluding carboxylic acids is 1. The van der Waals surface area contributed by atoms with Crippen molar-refractivity contribution in [2.75, 3.05) is 29.8 Å². The zero-order valence-corrected chi connectivity index (χ0v) is 24.3. The molecule has 2 N–H and O–H groups in total. The fraction of sp³-hybridized carbons (Fsp3) is 0.393. The lowest BCUT2D eigenvalue weighted by Crippen LogP contribution is -2.46. The highest BCUT2D eigenvalue weighted by Crippen LogP contribution is 2.35. The Hall–Kier alpha value is -4.26. The summed E-state index contributed by atoms with van der Waals surface area (Å²) in [6.45, 7) is 7.28. The molecule has 2 aromatic heterocycles. The average molecular weight is 583 g/mol. The molecular formula is C28H34N6O6S. The first kappa shape index (κ1) is 28.3. The van der Waals surface area contributed by atoms with E-state index < -0.39 is 21.7 Å². The number of hydrogen-bond donors (Lipinski definition) is 2. The second-order valence-electron chi connectivity index (χ2n) is 10.9. The van der Waals surface area contributed by atoms with Crippen molar-refractivity contribution in [3.8, 4) is 5.75 Å². The Bertz CT molecular complexity index is 1620. The summed E-state index contributed by atoms with van der Waals surface area (Å²) < 4.78 is 47.6. The van der Waals surface area contributed by atoms with Crippen LogP contribution in [0, 0.1) is 0 Å². The first-order valence-corrected chi connectivity index (χ1v) is 14.8. The first-order valence-electron chi connectivity index (χ1n) is 13.3. The third-order valence-corrected chi connectivity index (χ3v) is 8.00. The molecule has 0 aliphatic carbocycles. The Kier molecular flexibility index (Phi) is 7.80. The van der Waals surface area contributed by atoms with Crippen molar-refractivity contribution in [1.29, 1.82) is 0 Å². The summed E-state index contributed by atoms with van der Waals surface area (Å²) in [6.07, 6.45) is 4.52. The van der Waals surface area contributed by atoms with Gasteiger partial charge in [-0.15, -0.1) is 0 Å². The molecule has 218 valence electrons. The Morgan fingerprint density at radius 2 is 1.93 bits per heavy atom. The van der Waals surface area contributed by atoms with Gasteiger partial charge in [0.2, 0.25) is 0 Å². The van der Waals surface area contributed by atoms with Crippen molar-refractivity contribution in [2.45, 2.75) is 56.7 Å². The van der Waals surface area contributed by atoms with Crippen LogP contribution >= 0.6 is 0 Å². The summed E-state index contributed by atoms with van der Waals surface area (Å²) in [5, 5.41) is 11.6. The van der Waals surface area contributed by atoms with Crippen LogP contribution in [-0.2, 0) is 21.3 Å². The molecule has 4 aromatic rings. The minimum Gasteiger partial charge on any atom is -0.496 e. The first-order chi connectivity index (χ1) is 19.5. The number of ether oxygens (including phenoxy) is 2. The maximum Gasteiger partial charge on any atom is 0.407 e. The average Bonchev–Trinajstić information content (AvgIpc) is 3.57. The number of amides is 1. The van der Waals surface area contributed by atoms with Gasteiger partial charge in [-0.3, -0.25) is 9.40 Å². The van der Waals surface area contributed by atoms with E-state index >= 15 is 0 Å². The number of carbonyl (C=O) groups is 1. The summed E-state index contributed by atoms with van der Waals surface area (Å²) in [6, 6.07) is 12.2. The molecule has 3 heterocycles. The van der Waals surface area contributed by atoms with Gasteiger partial charge in [0.25, 0.3) is 10.0 Å². The zero-order valence-electron chi connectivity index (χ0n) is 23.5. The van der Waals surface area contributed by atoms with Gasteiger partial charge in [0.1, 0.15) is 16.7 Å². The van der Waals surface area contributed by atoms with Crippen molar-refractivity contribution in [2.24, 2.45) is 0 Å². The van der Waals surface area contributed by atoms with E-state index in [9.17, 15) is 13.2 Å². The zero-order chi connectivity index (χ0) is 29.2. The van der Waals surface area contributed by atoms with E-state index in [1.165, 1.54) is 13.2 Å². The standard InChI is InChI=1S/C28H34N6O6S/c1-28(2,3)39-27(35)30-20-9-13-33(14-10-20)21-7-5-8-22(17-21)41(36,37)32-26-25-23(38-4)15-19(16-24(25)40-31-26)18-34-12-6-11-29-34/h5-8,11-12,15-17,20H,9-10,13-14,18H2,1-4H3,(H,30,35)(H,31,32). The Morgan fingerprint density at radius 3 is 2.61 bits per heavy atom. The number of nitrogens with one attached hydrogen (secondary N) is 2. The lowest BCUT2D eigenvalue weighted by Gasteiger charge is -2.34. The molecule has 1 saturated heterocycles. The monoisotopic (exact) mass is 582 g/mol. The molecule has 0 unspecified atom stereocenters. The van der Waals surface area contributed by atoms with Crippen molar-refractivity contribution in [3.05, 3.63) is 60.4 Å². The molecule has 13 heteroatoms. The fourth-order valence-corrected chi connectivity index (χ4v) is 5.83. The largest absolute Gasteiger partial charge is 0.496 e. The van der Waals surface area contributed by atoms with E-state index in [4.69, 9.17) is 14.0 Å². The smallest absolute Gasteiger partial charge is 0.407 e. The number of sulfonamides is 1. The van der Waals surface area contributed by atoms with Gasteiger partial charge in [0.15, 0.2) is 11.4 Å². The molecule has 1 aliphatic heterocycles. The molecule has 1 amide bonds. The maximum absolute atomic E-state index is 13.4. The van der Waals surface area contributed by atoms with Crippen LogP contribution in [0.5, 0.6) is 5.75 Å². The van der Waals surface area contributed by atoms with E-state index in [0.29, 0.717) is 49.2 Å². The Morgan fingerprint density at radius 1 is 1.15 bits per heavy atom. The summed E-state index contributed by atoms with van der Waals surface area (Å²) in [5.74, 6) is 0.474. The molecule has 5 rings (SSSR count). The number of alkyl carbamates (subject to hydrolysis) is 1. The summed E-state index contributed by atoms with van der Waals surface area (Å²) in [4.78, 5) is 14.3. The summed E-state index contributed by atoms with van der Waals surface area (Å²) in [5.41, 5.74) is 1.47. The second-order valence-corrected chi connectivity index (χ2v) is 12.6. The number of benzene rings is 2. The minimum atomic E-state index is -4.00. The van der Waals surface area contributed by atoms with Gasteiger partial charge < -0.3 is 24.2 Å². The van der Waals surface area contributed by atoms with Gasteiger partial charge in [-0.05, 0) is 75.6 Å². The summed E-state index contributed by atoms with van der Waals surface area (Å²) >= 11 is 0. The van der Waals surface area contributed by atoms with Crippen LogP contribution in [0.3, 0.4) is 0 Å². The Labute approximate surface area is 238 Å². The normalized spacial score (nSPS) is 14.7. The lowest BCUT2D eigenvalue weighted by molar-refractivity contribution is 0.0497. The fourth-order valence-electron chi connectivity index (χ4n) is 4.78. The van der Waals surface area contributed by atoms with Crippen LogP contribution in [0.25, 0.3) is 11.0 Å². The van der Waals surface area contributed by atoms with Crippen molar-refractivity contribution < 1.29 is 27.2 Å². The van der Waals surface area contributed by atoms with E-state index in [0.717, 1.165) is 11.3 Å². The van der Waals surface area contributed by atoms with Gasteiger partial charge in [-0.2, -0.15) is 5.10 Å². The van der Waals surface area contributed by atoms with Crippen LogP contribution in [0.1, 0.15) is 39.2 Å². The molecule has 1 fully saturated rings. The highest BCUT2D eigenvalue weighted by Gasteiger charge is 2.26. The predicted octanol–water partition coefficient (Wildman–Crippen LogP) is 4.38. The SMILES string of the molecule is COc1cc(Cn2cccn2)cc2onc(NS(=O)(=O)c3cccc(N4CCC(NC(=O)OC(C)(C)C)CC4)c3)c12. The quantitative estimate of drug-likeness (QED) is 0.310. The number of anilines is 2. The molecule has 12 nitrogen and oxygen atoms in total. The number of nitrogens with zero attached hydrogens (tertiary/aromatic N) is 4. The molecule has 0 radical (unpaired) electrons. The second kappa shape index (κ2) is 11.3. The van der Waals surface area contributed by atoms with Gasteiger partial charge in [0.05, 0.1) is 18.6 Å². The van der Waals surface area contributed by atoms with Crippen LogP contribution in [0.4, 0.5) is 16.3 Å². The van der Waals surface area contributed by atoms with Gasteiger partial charge in [-0.1, -0.05) is 11.2 Å². The molecular weight excluding hydrogens is 548 g/mol. The van der Waals surface area contributed by atoms with Crippen molar-refractivity contribution >= 4 is 38.6 Å². The number of hydrogen-bond acceptors (Lipinski definition) is 9. The Balaban J connectivity index is 1.29. The van der Waals surface area contributed by atoms with E-state index in [-0.39, 0.29) is 16.8 Å². The third-order valence-electron chi connectivity index (χ3n) is 6.66. The molecule has 2 aromatic carbocycles. The topological polar surface area (TPSA) is 141 Å². The van der Waals surface area contributed by atoms with Crippen LogP contribution in [0.15, 0.2) is 64.3 Å². The maximum atomic E-state index is 13.4. The van der Waals surface area contributed by atoms with Gasteiger partial charge in [0, 0.05) is 37.2 Å². The van der Waals surface area contributed by atoms with Crippen molar-refractivity contribution in [1.82, 2.24) is 20.3 Å². The molecule has 0 bridgehead atoms. The number of methoxy groups -OCH3 is 1. The van der Waals surface area contributed by atoms with Gasteiger partial charge >= 0.3 is 6.09 Å². The van der Waals surface area contributed by atoms with Crippen LogP contribution in [0.2, 0.25) is 0 Å². The minimum absolute atomic E-state index is 0.00910. The van der Waals surface area contributed by atoms with Gasteiger partial charge in [-0.25, -0.2) is 13.2 Å². The molecule has 41 heavy (non-hydrogen) atoms. The number of fused-ring (bicyclic) bond motifs is 1. The predicted molar refractivity (Wildman–Crippen MR) is 154 cm³/mol. The van der Waals surface area contributed by atoms with Crippen molar-refractivity contribution in [3.63, 3.8) is 0 Å². The highest BCUT2D eigenvalue weighted by molar-refractivity contribution is 7.92. The lowest BCUT2D eigenvalue weighted by atomic mass is 10.0. The van der Waals surface area contributed by atoms with E-state index in [2.05, 4.69) is 25.2 Å². The highest BCUT2D eigenvalue weighted by atomic mass is 32.2. The summed E-state index contributed by atoms with van der Waals surface area (Å²) in [7, 11) is -2.49. The third kappa shape index (κ3) is 6.73. The van der Waals surface area contributed by atoms with E-state index in [1.807, 2.05) is 39.1 Å². The van der Waals surface area contributed by atoms with Crippen LogP contribution < -0.4 is 19.7 Å². The molecule has 1 aliphatic rings.